The molecule has 0 unspecified atom stereocenters. The fourth-order valence-electron chi connectivity index (χ4n) is 2.21. The lowest BCUT2D eigenvalue weighted by Gasteiger charge is -2.10. The van der Waals surface area contributed by atoms with E-state index in [0.717, 1.165) is 6.07 Å². The summed E-state index contributed by atoms with van der Waals surface area (Å²) in [7, 11) is -3.65. The molecule has 3 N–H and O–H groups in total. The van der Waals surface area contributed by atoms with Crippen LogP contribution in [0.2, 0.25) is 0 Å². The maximum Gasteiger partial charge on any atom is 0.339 e. The van der Waals surface area contributed by atoms with Crippen molar-refractivity contribution in [3.8, 4) is 17.2 Å². The highest BCUT2D eigenvalue weighted by atomic mass is 32.2. The molecule has 2 aromatic rings. The fourth-order valence-corrected chi connectivity index (χ4v) is 3.67. The number of carboxylic acid groups (broad SMARTS) is 1. The maximum atomic E-state index is 12.3. The second-order valence-electron chi connectivity index (χ2n) is 5.43. The lowest BCUT2D eigenvalue weighted by atomic mass is 10.2. The summed E-state index contributed by atoms with van der Waals surface area (Å²) < 4.78 is 29.9. The zero-order valence-corrected chi connectivity index (χ0v) is 14.3. The first-order valence-electron chi connectivity index (χ1n) is 7.43. The molecule has 0 saturated carbocycles. The molecule has 0 saturated heterocycles. The van der Waals surface area contributed by atoms with Crippen molar-refractivity contribution < 1.29 is 33.3 Å². The Balaban J connectivity index is 1.96. The Morgan fingerprint density at radius 3 is 2.52 bits per heavy atom. The van der Waals surface area contributed by atoms with E-state index in [1.807, 2.05) is 0 Å². The Hall–Kier alpha value is -2.74. The van der Waals surface area contributed by atoms with Gasteiger partial charge >= 0.3 is 5.97 Å². The number of para-hydroxylation sites is 1. The molecule has 0 aliphatic carbocycles. The number of benzene rings is 2. The molecule has 2 aromatic carbocycles. The van der Waals surface area contributed by atoms with Gasteiger partial charge in [0.05, 0.1) is 12.4 Å². The third-order valence-electron chi connectivity index (χ3n) is 3.56. The molecule has 134 valence electrons. The highest BCUT2D eigenvalue weighted by Gasteiger charge is 2.19. The van der Waals surface area contributed by atoms with E-state index in [-0.39, 0.29) is 40.7 Å². The van der Waals surface area contributed by atoms with Crippen LogP contribution >= 0.6 is 0 Å². The number of ether oxygens (including phenoxy) is 1. The van der Waals surface area contributed by atoms with Crippen molar-refractivity contribution in [1.29, 1.82) is 0 Å². The summed E-state index contributed by atoms with van der Waals surface area (Å²) in [6.07, 6.45) is 0.164. The number of aryl methyl sites for hydroxylation is 1. The first-order chi connectivity index (χ1) is 11.7. The van der Waals surface area contributed by atoms with Crippen LogP contribution in [-0.2, 0) is 9.84 Å². The first-order valence-corrected chi connectivity index (χ1v) is 9.08. The number of hydrogen-bond acceptors (Lipinski definition) is 6. The minimum atomic E-state index is -3.65. The predicted molar refractivity (Wildman–Crippen MR) is 90.1 cm³/mol. The van der Waals surface area contributed by atoms with Crippen LogP contribution in [0.25, 0.3) is 0 Å². The van der Waals surface area contributed by atoms with Crippen molar-refractivity contribution in [3.63, 3.8) is 0 Å². The third kappa shape index (κ3) is 4.42. The zero-order chi connectivity index (χ0) is 18.6. The molecular weight excluding hydrogens is 348 g/mol. The van der Waals surface area contributed by atoms with Crippen molar-refractivity contribution in [1.82, 2.24) is 0 Å². The molecule has 0 aliphatic rings. The maximum absolute atomic E-state index is 12.3. The number of carbonyl (C=O) groups is 1. The van der Waals surface area contributed by atoms with Crippen molar-refractivity contribution >= 4 is 15.8 Å². The van der Waals surface area contributed by atoms with Crippen molar-refractivity contribution in [3.05, 3.63) is 47.5 Å². The van der Waals surface area contributed by atoms with Gasteiger partial charge in [-0.3, -0.25) is 0 Å². The molecule has 7 nitrogen and oxygen atoms in total. The van der Waals surface area contributed by atoms with Gasteiger partial charge < -0.3 is 20.1 Å². The van der Waals surface area contributed by atoms with Crippen LogP contribution in [-0.4, -0.2) is 42.1 Å². The van der Waals surface area contributed by atoms with Crippen LogP contribution in [0.5, 0.6) is 17.2 Å². The quantitative estimate of drug-likeness (QED) is 0.643. The monoisotopic (exact) mass is 366 g/mol. The van der Waals surface area contributed by atoms with Crippen LogP contribution in [0, 0.1) is 6.92 Å². The Morgan fingerprint density at radius 2 is 1.88 bits per heavy atom. The molecule has 25 heavy (non-hydrogen) atoms. The summed E-state index contributed by atoms with van der Waals surface area (Å²) in [5, 5.41) is 28.3. The molecule has 8 heteroatoms. The third-order valence-corrected chi connectivity index (χ3v) is 5.39. The van der Waals surface area contributed by atoms with Crippen LogP contribution < -0.4 is 4.74 Å². The van der Waals surface area contributed by atoms with Crippen LogP contribution in [0.3, 0.4) is 0 Å². The summed E-state index contributed by atoms with van der Waals surface area (Å²) in [5.41, 5.74) is 0.233. The Labute approximate surface area is 145 Å². The molecule has 0 aliphatic heterocycles. The average Bonchev–Trinajstić information content (AvgIpc) is 2.53. The number of phenolic OH excluding ortho intramolecular Hbond substituents is 1. The van der Waals surface area contributed by atoms with E-state index in [9.17, 15) is 23.4 Å². The van der Waals surface area contributed by atoms with E-state index >= 15 is 0 Å². The molecule has 0 bridgehead atoms. The number of sulfone groups is 1. The summed E-state index contributed by atoms with van der Waals surface area (Å²) in [5.74, 6) is -1.92. The van der Waals surface area contributed by atoms with Gasteiger partial charge in [-0.2, -0.15) is 0 Å². The molecule has 0 fully saturated rings. The van der Waals surface area contributed by atoms with Gasteiger partial charge in [-0.1, -0.05) is 12.1 Å². The van der Waals surface area contributed by atoms with Crippen molar-refractivity contribution in [2.75, 3.05) is 12.4 Å². The number of hydrogen-bond donors (Lipinski definition) is 3. The second kappa shape index (κ2) is 7.43. The van der Waals surface area contributed by atoms with E-state index < -0.39 is 21.6 Å². The Kier molecular flexibility index (Phi) is 5.53. The van der Waals surface area contributed by atoms with E-state index in [2.05, 4.69) is 0 Å². The van der Waals surface area contributed by atoms with Crippen molar-refractivity contribution in [2.45, 2.75) is 18.2 Å². The SMILES string of the molecule is Cc1cccc(S(=O)(=O)CCCOc2ccc(C(=O)O)c(O)c2)c1O. The van der Waals surface area contributed by atoms with E-state index in [0.29, 0.717) is 5.56 Å². The van der Waals surface area contributed by atoms with Gasteiger partial charge in [0.2, 0.25) is 0 Å². The highest BCUT2D eigenvalue weighted by Crippen LogP contribution is 2.27. The van der Waals surface area contributed by atoms with Crippen LogP contribution in [0.15, 0.2) is 41.3 Å². The number of carboxylic acids is 1. The van der Waals surface area contributed by atoms with E-state index in [1.165, 1.54) is 18.2 Å². The van der Waals surface area contributed by atoms with Gasteiger partial charge in [-0.25, -0.2) is 13.2 Å². The molecule has 0 radical (unpaired) electrons. The molecular formula is C17H18O7S. The summed E-state index contributed by atoms with van der Waals surface area (Å²) in [6.45, 7) is 1.67. The van der Waals surface area contributed by atoms with Gasteiger partial charge in [0.25, 0.3) is 0 Å². The first kappa shape index (κ1) is 18.6. The summed E-state index contributed by atoms with van der Waals surface area (Å²) in [4.78, 5) is 10.7. The van der Waals surface area contributed by atoms with Crippen molar-refractivity contribution in [2.24, 2.45) is 0 Å². The largest absolute Gasteiger partial charge is 0.507 e. The van der Waals surface area contributed by atoms with Crippen LogP contribution in [0.1, 0.15) is 22.3 Å². The molecule has 0 amide bonds. The lowest BCUT2D eigenvalue weighted by Crippen LogP contribution is -2.11. The smallest absolute Gasteiger partial charge is 0.339 e. The zero-order valence-electron chi connectivity index (χ0n) is 13.5. The van der Waals surface area contributed by atoms with E-state index in [1.54, 1.807) is 19.1 Å². The molecule has 2 rings (SSSR count). The lowest BCUT2D eigenvalue weighted by molar-refractivity contribution is 0.0693. The van der Waals surface area contributed by atoms with Gasteiger partial charge in [-0.15, -0.1) is 0 Å². The summed E-state index contributed by atoms with van der Waals surface area (Å²) >= 11 is 0. The standard InChI is InChI=1S/C17H18O7S/c1-11-4-2-5-15(16(11)19)25(22,23)9-3-8-24-12-6-7-13(17(20)21)14(18)10-12/h2,4-7,10,18-19H,3,8-9H2,1H3,(H,20,21). The second-order valence-corrected chi connectivity index (χ2v) is 7.50. The van der Waals surface area contributed by atoms with Gasteiger partial charge in [0.15, 0.2) is 9.84 Å². The van der Waals surface area contributed by atoms with Crippen LogP contribution in [0.4, 0.5) is 0 Å². The minimum Gasteiger partial charge on any atom is -0.507 e. The Morgan fingerprint density at radius 1 is 1.16 bits per heavy atom. The highest BCUT2D eigenvalue weighted by molar-refractivity contribution is 7.91. The normalized spacial score (nSPS) is 11.2. The Bertz CT molecular complexity index is 888. The molecule has 0 spiro atoms. The topological polar surface area (TPSA) is 121 Å². The molecule has 0 aromatic heterocycles. The summed E-state index contributed by atoms with van der Waals surface area (Å²) in [6, 6.07) is 8.26. The minimum absolute atomic E-state index is 0.0532. The number of phenols is 2. The van der Waals surface area contributed by atoms with Gasteiger partial charge in [-0.05, 0) is 37.1 Å². The van der Waals surface area contributed by atoms with Gasteiger partial charge in [0, 0.05) is 6.07 Å². The number of rotatable bonds is 7. The average molecular weight is 366 g/mol. The number of aromatic hydroxyl groups is 2. The van der Waals surface area contributed by atoms with Gasteiger partial charge in [0.1, 0.15) is 27.7 Å². The molecule has 0 atom stereocenters. The van der Waals surface area contributed by atoms with E-state index in [4.69, 9.17) is 9.84 Å². The fraction of sp³-hybridized carbons (Fsp3) is 0.235. The predicted octanol–water partition coefficient (Wildman–Crippen LogP) is 2.35. The molecule has 0 heterocycles. The number of aromatic carboxylic acids is 1.